The Bertz CT molecular complexity index is 1390. The molecule has 0 aliphatic heterocycles. The quantitative estimate of drug-likeness (QED) is 0.195. The van der Waals surface area contributed by atoms with Crippen molar-refractivity contribution in [3.8, 4) is 0 Å². The Morgan fingerprint density at radius 3 is 2.29 bits per heavy atom. The van der Waals surface area contributed by atoms with Crippen LogP contribution in [0.3, 0.4) is 0 Å². The van der Waals surface area contributed by atoms with Crippen LogP contribution in [-0.4, -0.2) is 31.3 Å². The number of hydrogen-bond acceptors (Lipinski definition) is 6. The number of allylic oxidation sites excluding steroid dienone is 1. The van der Waals surface area contributed by atoms with Crippen LogP contribution in [0.15, 0.2) is 94.7 Å². The number of esters is 1. The van der Waals surface area contributed by atoms with Gasteiger partial charge in [-0.3, -0.25) is 14.6 Å². The number of nitrogens with one attached hydrogen (secondary N) is 1. The van der Waals surface area contributed by atoms with Gasteiger partial charge in [0, 0.05) is 17.3 Å². The standard InChI is InChI=1S/C32H33N3O3/c1-22-19-27(15-16-28(22)32(17-8-18-32)31(37)38-4)35-30(33-3)20-29(26-9-6-5-7-10-26)34-21-24-11-13-25(14-12-24)23(2)36/h5-7,9-16,19-20,35H,3,8,17-18,21H2,1-2,4H3/b30-20+,34-29?. The molecule has 0 aromatic heterocycles. The van der Waals surface area contributed by atoms with E-state index in [0.29, 0.717) is 17.9 Å². The molecule has 1 aliphatic rings. The average Bonchev–Trinajstić information content (AvgIpc) is 2.91. The summed E-state index contributed by atoms with van der Waals surface area (Å²) in [6.45, 7) is 7.78. The number of anilines is 1. The van der Waals surface area contributed by atoms with E-state index in [-0.39, 0.29) is 11.8 Å². The second kappa shape index (κ2) is 11.8. The van der Waals surface area contributed by atoms with Gasteiger partial charge in [0.1, 0.15) is 5.82 Å². The Kier molecular flexibility index (Phi) is 8.31. The molecule has 3 aromatic carbocycles. The molecule has 3 aromatic rings. The number of carbonyl (C=O) groups excluding carboxylic acids is 2. The number of hydrogen-bond donors (Lipinski definition) is 1. The van der Waals surface area contributed by atoms with Crippen LogP contribution in [0.2, 0.25) is 0 Å². The number of Topliss-reactive ketones (excluding diaryl/α,β-unsaturated/α-hetero) is 1. The summed E-state index contributed by atoms with van der Waals surface area (Å²) in [7, 11) is 1.45. The molecule has 4 rings (SSSR count). The first-order valence-corrected chi connectivity index (χ1v) is 12.7. The summed E-state index contributed by atoms with van der Waals surface area (Å²) in [6.07, 6.45) is 4.50. The molecule has 1 fully saturated rings. The van der Waals surface area contributed by atoms with Crippen molar-refractivity contribution in [2.45, 2.75) is 45.1 Å². The monoisotopic (exact) mass is 507 g/mol. The Morgan fingerprint density at radius 2 is 1.74 bits per heavy atom. The third-order valence-electron chi connectivity index (χ3n) is 7.10. The van der Waals surface area contributed by atoms with E-state index in [2.05, 4.69) is 17.0 Å². The molecule has 0 amide bonds. The molecular formula is C32H33N3O3. The van der Waals surface area contributed by atoms with Crippen LogP contribution in [0.5, 0.6) is 0 Å². The zero-order chi connectivity index (χ0) is 27.1. The fourth-order valence-corrected chi connectivity index (χ4v) is 4.84. The summed E-state index contributed by atoms with van der Waals surface area (Å²) in [5.41, 5.74) is 5.73. The van der Waals surface area contributed by atoms with Crippen molar-refractivity contribution in [2.75, 3.05) is 12.4 Å². The van der Waals surface area contributed by atoms with Crippen molar-refractivity contribution >= 4 is 29.9 Å². The molecule has 1 saturated carbocycles. The van der Waals surface area contributed by atoms with Crippen molar-refractivity contribution in [3.63, 3.8) is 0 Å². The lowest BCUT2D eigenvalue weighted by Gasteiger charge is -2.40. The first kappa shape index (κ1) is 26.7. The maximum absolute atomic E-state index is 12.5. The van der Waals surface area contributed by atoms with Crippen molar-refractivity contribution in [2.24, 2.45) is 9.98 Å². The highest BCUT2D eigenvalue weighted by molar-refractivity contribution is 6.09. The highest BCUT2D eigenvalue weighted by Crippen LogP contribution is 2.46. The molecule has 6 heteroatoms. The van der Waals surface area contributed by atoms with Gasteiger partial charge in [-0.05, 0) is 67.8 Å². The van der Waals surface area contributed by atoms with E-state index in [9.17, 15) is 9.59 Å². The van der Waals surface area contributed by atoms with Crippen molar-refractivity contribution in [3.05, 3.63) is 113 Å². The Morgan fingerprint density at radius 1 is 1.03 bits per heavy atom. The van der Waals surface area contributed by atoms with Crippen LogP contribution >= 0.6 is 0 Å². The van der Waals surface area contributed by atoms with E-state index in [1.54, 1.807) is 6.92 Å². The molecule has 6 nitrogen and oxygen atoms in total. The number of benzene rings is 3. The van der Waals surface area contributed by atoms with E-state index in [0.717, 1.165) is 52.9 Å². The molecule has 194 valence electrons. The van der Waals surface area contributed by atoms with Gasteiger partial charge in [0.2, 0.25) is 0 Å². The molecule has 1 aliphatic carbocycles. The van der Waals surface area contributed by atoms with Gasteiger partial charge in [0.15, 0.2) is 5.78 Å². The maximum Gasteiger partial charge on any atom is 0.316 e. The third kappa shape index (κ3) is 5.80. The van der Waals surface area contributed by atoms with Crippen LogP contribution in [0.1, 0.15) is 58.8 Å². The molecule has 0 radical (unpaired) electrons. The summed E-state index contributed by atoms with van der Waals surface area (Å²) in [5, 5.41) is 3.34. The van der Waals surface area contributed by atoms with E-state index < -0.39 is 5.41 Å². The second-order valence-electron chi connectivity index (χ2n) is 9.59. The van der Waals surface area contributed by atoms with Crippen molar-refractivity contribution in [1.82, 2.24) is 0 Å². The fourth-order valence-electron chi connectivity index (χ4n) is 4.84. The van der Waals surface area contributed by atoms with Crippen LogP contribution < -0.4 is 5.32 Å². The van der Waals surface area contributed by atoms with Gasteiger partial charge >= 0.3 is 5.97 Å². The lowest BCUT2D eigenvalue weighted by atomic mass is 9.63. The van der Waals surface area contributed by atoms with Gasteiger partial charge in [-0.1, -0.05) is 67.1 Å². The van der Waals surface area contributed by atoms with Gasteiger partial charge in [0.05, 0.1) is 24.8 Å². The number of carbonyl (C=O) groups is 2. The average molecular weight is 508 g/mol. The summed E-state index contributed by atoms with van der Waals surface area (Å²) < 4.78 is 5.12. The number of methoxy groups -OCH3 is 1. The summed E-state index contributed by atoms with van der Waals surface area (Å²) in [6, 6.07) is 23.4. The van der Waals surface area contributed by atoms with Crippen LogP contribution in [0.4, 0.5) is 5.69 Å². The molecule has 0 spiro atoms. The van der Waals surface area contributed by atoms with E-state index in [1.807, 2.05) is 85.8 Å². The van der Waals surface area contributed by atoms with E-state index in [4.69, 9.17) is 9.73 Å². The third-order valence-corrected chi connectivity index (χ3v) is 7.10. The first-order chi connectivity index (χ1) is 18.4. The molecule has 0 heterocycles. The molecule has 0 atom stereocenters. The van der Waals surface area contributed by atoms with Gasteiger partial charge in [-0.2, -0.15) is 0 Å². The van der Waals surface area contributed by atoms with E-state index >= 15 is 0 Å². The number of ether oxygens (including phenoxy) is 1. The predicted molar refractivity (Wildman–Crippen MR) is 153 cm³/mol. The second-order valence-corrected chi connectivity index (χ2v) is 9.59. The molecule has 1 N–H and O–H groups in total. The van der Waals surface area contributed by atoms with E-state index in [1.165, 1.54) is 7.11 Å². The lowest BCUT2D eigenvalue weighted by molar-refractivity contribution is -0.151. The molecule has 0 bridgehead atoms. The minimum absolute atomic E-state index is 0.0390. The van der Waals surface area contributed by atoms with Gasteiger partial charge < -0.3 is 10.1 Å². The smallest absolute Gasteiger partial charge is 0.316 e. The molecular weight excluding hydrogens is 474 g/mol. The van der Waals surface area contributed by atoms with Crippen LogP contribution in [-0.2, 0) is 21.5 Å². The van der Waals surface area contributed by atoms with Crippen molar-refractivity contribution in [1.29, 1.82) is 0 Å². The number of aryl methyl sites for hydroxylation is 1. The summed E-state index contributed by atoms with van der Waals surface area (Å²) in [5.74, 6) is 0.427. The zero-order valence-corrected chi connectivity index (χ0v) is 22.2. The first-order valence-electron chi connectivity index (χ1n) is 12.7. The molecule has 0 unspecified atom stereocenters. The summed E-state index contributed by atoms with van der Waals surface area (Å²) in [4.78, 5) is 33.2. The maximum atomic E-state index is 12.5. The number of ketones is 1. The highest BCUT2D eigenvalue weighted by Gasteiger charge is 2.47. The van der Waals surface area contributed by atoms with Crippen LogP contribution in [0, 0.1) is 6.92 Å². The highest BCUT2D eigenvalue weighted by atomic mass is 16.5. The van der Waals surface area contributed by atoms with Crippen LogP contribution in [0.25, 0.3) is 0 Å². The number of rotatable bonds is 10. The zero-order valence-electron chi connectivity index (χ0n) is 22.2. The topological polar surface area (TPSA) is 80.1 Å². The predicted octanol–water partition coefficient (Wildman–Crippen LogP) is 6.44. The fraction of sp³-hybridized carbons (Fsp3) is 0.250. The molecule has 38 heavy (non-hydrogen) atoms. The van der Waals surface area contributed by atoms with Gasteiger partial charge in [-0.25, -0.2) is 4.99 Å². The SMILES string of the molecule is C=N/C(=C\C(=NCc1ccc(C(C)=O)cc1)c1ccccc1)Nc1ccc(C2(C(=O)OC)CCC2)c(C)c1. The summed E-state index contributed by atoms with van der Waals surface area (Å²) >= 11 is 0. The number of nitrogens with zero attached hydrogens (tertiary/aromatic N) is 2. The normalized spacial score (nSPS) is 14.8. The van der Waals surface area contributed by atoms with Crippen molar-refractivity contribution < 1.29 is 14.3 Å². The number of aliphatic imine (C=N–C) groups is 2. The van der Waals surface area contributed by atoms with Gasteiger partial charge in [-0.15, -0.1) is 0 Å². The molecule has 0 saturated heterocycles. The largest absolute Gasteiger partial charge is 0.468 e. The Balaban J connectivity index is 1.60. The Labute approximate surface area is 224 Å². The Hall–Kier alpha value is -4.32. The minimum atomic E-state index is -0.539. The van der Waals surface area contributed by atoms with Gasteiger partial charge in [0.25, 0.3) is 0 Å². The minimum Gasteiger partial charge on any atom is -0.468 e. The lowest BCUT2D eigenvalue weighted by Crippen LogP contribution is -2.43.